The second-order valence-corrected chi connectivity index (χ2v) is 6.62. The lowest BCUT2D eigenvalue weighted by atomic mass is 9.89. The van der Waals surface area contributed by atoms with E-state index in [2.05, 4.69) is 10.3 Å². The van der Waals surface area contributed by atoms with Crippen molar-refractivity contribution in [1.82, 2.24) is 9.55 Å². The summed E-state index contributed by atoms with van der Waals surface area (Å²) in [5.74, 6) is 1.85. The number of phenolic OH excluding ortho intramolecular Hbond substituents is 1. The molecular weight excluding hydrogens is 374 g/mol. The van der Waals surface area contributed by atoms with Crippen LogP contribution in [0.1, 0.15) is 23.6 Å². The van der Waals surface area contributed by atoms with Crippen molar-refractivity contribution in [2.24, 2.45) is 0 Å². The molecular formula is C21H21N3O5. The standard InChI is InChI=1S/C21H21N3O5/c1-27-13-5-7-17(28-2)15(9-13)24-11-22-20-14(10-19(26)23-21(20)24)12-4-6-16(25)18(8-12)29-3/h4-9,11,14,25H,10H2,1-3H3,(H,23,26)/t14-/m1/s1. The molecule has 8 nitrogen and oxygen atoms in total. The van der Waals surface area contributed by atoms with Gasteiger partial charge in [0.05, 0.1) is 32.7 Å². The first-order valence-electron chi connectivity index (χ1n) is 9.02. The number of rotatable bonds is 5. The van der Waals surface area contributed by atoms with E-state index in [-0.39, 0.29) is 24.0 Å². The Labute approximate surface area is 167 Å². The predicted molar refractivity (Wildman–Crippen MR) is 106 cm³/mol. The highest BCUT2D eigenvalue weighted by Gasteiger charge is 2.32. The van der Waals surface area contributed by atoms with Crippen molar-refractivity contribution >= 4 is 11.7 Å². The third-order valence-corrected chi connectivity index (χ3v) is 5.02. The highest BCUT2D eigenvalue weighted by Crippen LogP contribution is 2.41. The number of nitrogens with zero attached hydrogens (tertiary/aromatic N) is 2. The number of hydrogen-bond acceptors (Lipinski definition) is 6. The summed E-state index contributed by atoms with van der Waals surface area (Å²) in [6.45, 7) is 0. The van der Waals surface area contributed by atoms with Crippen LogP contribution in [0.3, 0.4) is 0 Å². The summed E-state index contributed by atoms with van der Waals surface area (Å²) < 4.78 is 17.8. The van der Waals surface area contributed by atoms with Crippen molar-refractivity contribution in [3.8, 4) is 28.7 Å². The van der Waals surface area contributed by atoms with E-state index >= 15 is 0 Å². The fourth-order valence-corrected chi connectivity index (χ4v) is 3.56. The van der Waals surface area contributed by atoms with Crippen molar-refractivity contribution in [1.29, 1.82) is 0 Å². The van der Waals surface area contributed by atoms with E-state index in [1.54, 1.807) is 55.4 Å². The quantitative estimate of drug-likeness (QED) is 0.689. The minimum atomic E-state index is -0.272. The summed E-state index contributed by atoms with van der Waals surface area (Å²) in [5, 5.41) is 12.8. The van der Waals surface area contributed by atoms with Gasteiger partial charge in [-0.05, 0) is 29.8 Å². The number of amides is 1. The molecule has 1 amide bonds. The topological polar surface area (TPSA) is 94.8 Å². The van der Waals surface area contributed by atoms with Gasteiger partial charge < -0.3 is 24.6 Å². The summed E-state index contributed by atoms with van der Waals surface area (Å²) in [6, 6.07) is 10.5. The molecule has 0 fully saturated rings. The number of carbonyl (C=O) groups excluding carboxylic acids is 1. The number of phenols is 1. The molecule has 8 heteroatoms. The largest absolute Gasteiger partial charge is 0.504 e. The number of carbonyl (C=O) groups is 1. The molecule has 1 aromatic heterocycles. The molecule has 0 aliphatic carbocycles. The van der Waals surface area contributed by atoms with Gasteiger partial charge in [0.15, 0.2) is 11.5 Å². The van der Waals surface area contributed by atoms with Crippen LogP contribution in [0, 0.1) is 0 Å². The summed E-state index contributed by atoms with van der Waals surface area (Å²) in [5.41, 5.74) is 2.26. The van der Waals surface area contributed by atoms with E-state index in [1.165, 1.54) is 7.11 Å². The number of aromatic nitrogens is 2. The normalized spacial score (nSPS) is 15.4. The minimum Gasteiger partial charge on any atom is -0.504 e. The second-order valence-electron chi connectivity index (χ2n) is 6.62. The molecule has 3 aromatic rings. The lowest BCUT2D eigenvalue weighted by Crippen LogP contribution is -2.25. The van der Waals surface area contributed by atoms with Crippen LogP contribution < -0.4 is 19.5 Å². The molecule has 2 N–H and O–H groups in total. The van der Waals surface area contributed by atoms with Crippen molar-refractivity contribution in [2.45, 2.75) is 12.3 Å². The number of imidazole rings is 1. The second kappa shape index (κ2) is 7.38. The first-order chi connectivity index (χ1) is 14.0. The molecule has 0 saturated heterocycles. The Hall–Kier alpha value is -3.68. The molecule has 2 aromatic carbocycles. The SMILES string of the molecule is COc1ccc(OC)c(-n2cnc3c2NC(=O)C[C@@H]3c2ccc(O)c(OC)c2)c1. The van der Waals surface area contributed by atoms with E-state index in [0.29, 0.717) is 28.8 Å². The van der Waals surface area contributed by atoms with Crippen LogP contribution in [0.2, 0.25) is 0 Å². The smallest absolute Gasteiger partial charge is 0.226 e. The average molecular weight is 395 g/mol. The fraction of sp³-hybridized carbons (Fsp3) is 0.238. The summed E-state index contributed by atoms with van der Waals surface area (Å²) in [4.78, 5) is 17.1. The third-order valence-electron chi connectivity index (χ3n) is 5.02. The van der Waals surface area contributed by atoms with Crippen molar-refractivity contribution in [2.75, 3.05) is 26.6 Å². The van der Waals surface area contributed by atoms with Gasteiger partial charge in [0.2, 0.25) is 5.91 Å². The number of benzene rings is 2. The van der Waals surface area contributed by atoms with Crippen LogP contribution >= 0.6 is 0 Å². The molecule has 0 unspecified atom stereocenters. The predicted octanol–water partition coefficient (Wildman–Crippen LogP) is 3.08. The molecule has 29 heavy (non-hydrogen) atoms. The van der Waals surface area contributed by atoms with Crippen LogP contribution in [-0.2, 0) is 4.79 Å². The van der Waals surface area contributed by atoms with Gasteiger partial charge in [0, 0.05) is 18.4 Å². The first kappa shape index (κ1) is 18.7. The summed E-state index contributed by atoms with van der Waals surface area (Å²) >= 11 is 0. The third kappa shape index (κ3) is 3.22. The molecule has 1 atom stereocenters. The van der Waals surface area contributed by atoms with Gasteiger partial charge in [-0.25, -0.2) is 4.98 Å². The number of aromatic hydroxyl groups is 1. The van der Waals surface area contributed by atoms with Gasteiger partial charge in [-0.3, -0.25) is 9.36 Å². The molecule has 1 aliphatic heterocycles. The Balaban J connectivity index is 1.84. The number of methoxy groups -OCH3 is 3. The monoisotopic (exact) mass is 395 g/mol. The van der Waals surface area contributed by atoms with E-state index in [0.717, 1.165) is 11.3 Å². The van der Waals surface area contributed by atoms with Crippen LogP contribution in [0.15, 0.2) is 42.7 Å². The Morgan fingerprint density at radius 1 is 1.07 bits per heavy atom. The van der Waals surface area contributed by atoms with Crippen molar-refractivity contribution in [3.63, 3.8) is 0 Å². The number of anilines is 1. The Bertz CT molecular complexity index is 1080. The van der Waals surface area contributed by atoms with E-state index in [1.807, 2.05) is 6.07 Å². The minimum absolute atomic E-state index is 0.0448. The molecule has 0 radical (unpaired) electrons. The molecule has 1 aliphatic rings. The van der Waals surface area contributed by atoms with E-state index in [4.69, 9.17) is 14.2 Å². The zero-order valence-corrected chi connectivity index (χ0v) is 16.3. The summed E-state index contributed by atoms with van der Waals surface area (Å²) in [6.07, 6.45) is 1.89. The maximum absolute atomic E-state index is 12.5. The Morgan fingerprint density at radius 3 is 2.59 bits per heavy atom. The molecule has 0 bridgehead atoms. The number of nitrogens with one attached hydrogen (secondary N) is 1. The van der Waals surface area contributed by atoms with Crippen LogP contribution in [-0.4, -0.2) is 41.9 Å². The van der Waals surface area contributed by atoms with Crippen LogP contribution in [0.25, 0.3) is 5.69 Å². The molecule has 4 rings (SSSR count). The lowest BCUT2D eigenvalue weighted by Gasteiger charge is -2.24. The maximum atomic E-state index is 12.5. The Kier molecular flexibility index (Phi) is 4.75. The molecule has 0 spiro atoms. The summed E-state index contributed by atoms with van der Waals surface area (Å²) in [7, 11) is 4.66. The zero-order chi connectivity index (χ0) is 20.5. The molecule has 150 valence electrons. The van der Waals surface area contributed by atoms with Gasteiger partial charge >= 0.3 is 0 Å². The van der Waals surface area contributed by atoms with Gasteiger partial charge in [-0.1, -0.05) is 6.07 Å². The fourth-order valence-electron chi connectivity index (χ4n) is 3.56. The van der Waals surface area contributed by atoms with Crippen LogP contribution in [0.4, 0.5) is 5.82 Å². The number of fused-ring (bicyclic) bond motifs is 1. The van der Waals surface area contributed by atoms with E-state index < -0.39 is 0 Å². The number of ether oxygens (including phenoxy) is 3. The van der Waals surface area contributed by atoms with Gasteiger partial charge in [0.1, 0.15) is 23.6 Å². The maximum Gasteiger partial charge on any atom is 0.226 e. The first-order valence-corrected chi connectivity index (χ1v) is 9.02. The highest BCUT2D eigenvalue weighted by molar-refractivity contribution is 5.94. The van der Waals surface area contributed by atoms with Gasteiger partial charge in [-0.15, -0.1) is 0 Å². The molecule has 0 saturated carbocycles. The highest BCUT2D eigenvalue weighted by atomic mass is 16.5. The van der Waals surface area contributed by atoms with Crippen molar-refractivity contribution < 1.29 is 24.1 Å². The van der Waals surface area contributed by atoms with Crippen LogP contribution in [0.5, 0.6) is 23.0 Å². The average Bonchev–Trinajstić information content (AvgIpc) is 3.16. The lowest BCUT2D eigenvalue weighted by molar-refractivity contribution is -0.116. The van der Waals surface area contributed by atoms with Crippen molar-refractivity contribution in [3.05, 3.63) is 54.0 Å². The number of hydrogen-bond donors (Lipinski definition) is 2. The Morgan fingerprint density at radius 2 is 1.86 bits per heavy atom. The molecule has 2 heterocycles. The van der Waals surface area contributed by atoms with Gasteiger partial charge in [0.25, 0.3) is 0 Å². The van der Waals surface area contributed by atoms with E-state index in [9.17, 15) is 9.90 Å². The zero-order valence-electron chi connectivity index (χ0n) is 16.3. The van der Waals surface area contributed by atoms with Gasteiger partial charge in [-0.2, -0.15) is 0 Å².